The van der Waals surface area contributed by atoms with Crippen molar-refractivity contribution in [3.8, 4) is 5.75 Å². The van der Waals surface area contributed by atoms with Crippen molar-refractivity contribution < 1.29 is 22.7 Å². The van der Waals surface area contributed by atoms with Crippen LogP contribution < -0.4 is 10.6 Å². The van der Waals surface area contributed by atoms with Crippen LogP contribution in [-0.2, 0) is 9.84 Å². The molecule has 2 unspecified atom stereocenters. The largest absolute Gasteiger partial charge is 0.504 e. The number of benzene rings is 1. The molecule has 170 valence electrons. The fourth-order valence-corrected chi connectivity index (χ4v) is 7.08. The molecular weight excluding hydrogens is 445 g/mol. The molecule has 0 radical (unpaired) electrons. The summed E-state index contributed by atoms with van der Waals surface area (Å²) >= 11 is 6.15. The number of allylic oxidation sites excluding steroid dienone is 1. The molecule has 2 aliphatic carbocycles. The fourth-order valence-electron chi connectivity index (χ4n) is 4.60. The van der Waals surface area contributed by atoms with E-state index in [1.165, 1.54) is 12.1 Å². The Morgan fingerprint density at radius 3 is 2.65 bits per heavy atom. The highest BCUT2D eigenvalue weighted by molar-refractivity contribution is 7.92. The zero-order valence-electron chi connectivity index (χ0n) is 17.3. The predicted octanol–water partition coefficient (Wildman–Crippen LogP) is 3.62. The number of halogens is 2. The van der Waals surface area contributed by atoms with Crippen LogP contribution >= 0.6 is 11.6 Å². The number of sulfone groups is 1. The number of amides is 2. The Kier molecular flexibility index (Phi) is 6.20. The van der Waals surface area contributed by atoms with E-state index in [0.717, 1.165) is 18.4 Å². The van der Waals surface area contributed by atoms with Crippen LogP contribution in [0.2, 0.25) is 5.02 Å². The van der Waals surface area contributed by atoms with E-state index in [9.17, 15) is 22.7 Å². The fraction of sp³-hybridized carbons (Fsp3) is 0.571. The van der Waals surface area contributed by atoms with Crippen LogP contribution in [0.15, 0.2) is 28.7 Å². The standard InChI is InChI=1S/C21H27ClFN3O4S/c1-12-3-2-4-17(12)24-21(28)25-18-6-5-16(22)20(19(18)27)31(29,30)15-9-14(10-15)26-8-7-13(23)11-26/h3,5-6,13-15,17,27H,2,4,7-11H2,1H3,(H2,24,25,28). The highest BCUT2D eigenvalue weighted by Crippen LogP contribution is 2.43. The van der Waals surface area contributed by atoms with Gasteiger partial charge in [0, 0.05) is 19.1 Å². The van der Waals surface area contributed by atoms with Crippen molar-refractivity contribution in [1.82, 2.24) is 10.2 Å². The molecule has 31 heavy (non-hydrogen) atoms. The Balaban J connectivity index is 1.47. The molecule has 1 heterocycles. The average molecular weight is 472 g/mol. The van der Waals surface area contributed by atoms with Gasteiger partial charge in [-0.15, -0.1) is 0 Å². The second kappa shape index (κ2) is 8.60. The van der Waals surface area contributed by atoms with E-state index in [1.807, 2.05) is 11.8 Å². The van der Waals surface area contributed by atoms with Crippen LogP contribution in [0.5, 0.6) is 5.75 Å². The SMILES string of the molecule is CC1=CCCC1NC(=O)Nc1ccc(Cl)c(S(=O)(=O)C2CC(N3CCC(F)C3)C2)c1O. The van der Waals surface area contributed by atoms with Gasteiger partial charge in [0.05, 0.1) is 22.0 Å². The number of hydrogen-bond donors (Lipinski definition) is 3. The van der Waals surface area contributed by atoms with Gasteiger partial charge >= 0.3 is 6.03 Å². The average Bonchev–Trinajstić information content (AvgIpc) is 3.24. The summed E-state index contributed by atoms with van der Waals surface area (Å²) in [6.07, 6.45) is 4.11. The maximum atomic E-state index is 13.4. The molecule has 10 heteroatoms. The number of nitrogens with zero attached hydrogens (tertiary/aromatic N) is 1. The van der Waals surface area contributed by atoms with E-state index in [-0.39, 0.29) is 27.7 Å². The van der Waals surface area contributed by atoms with Crippen LogP contribution in [0.3, 0.4) is 0 Å². The van der Waals surface area contributed by atoms with Crippen LogP contribution in [0.4, 0.5) is 14.9 Å². The highest BCUT2D eigenvalue weighted by atomic mass is 35.5. The topological polar surface area (TPSA) is 98.7 Å². The molecule has 1 saturated heterocycles. The first-order valence-corrected chi connectivity index (χ1v) is 12.5. The minimum Gasteiger partial charge on any atom is -0.504 e. The summed E-state index contributed by atoms with van der Waals surface area (Å²) in [5, 5.41) is 15.2. The van der Waals surface area contributed by atoms with Gasteiger partial charge in [-0.2, -0.15) is 0 Å². The number of hydrogen-bond acceptors (Lipinski definition) is 5. The van der Waals surface area contributed by atoms with E-state index >= 15 is 0 Å². The van der Waals surface area contributed by atoms with E-state index in [0.29, 0.717) is 32.4 Å². The van der Waals surface area contributed by atoms with Crippen molar-refractivity contribution in [2.75, 3.05) is 18.4 Å². The number of anilines is 1. The third kappa shape index (κ3) is 4.40. The lowest BCUT2D eigenvalue weighted by Gasteiger charge is -2.40. The quantitative estimate of drug-likeness (QED) is 0.450. The van der Waals surface area contributed by atoms with Crippen LogP contribution in [0.25, 0.3) is 0 Å². The van der Waals surface area contributed by atoms with Gasteiger partial charge in [0.2, 0.25) is 0 Å². The molecule has 1 saturated carbocycles. The van der Waals surface area contributed by atoms with Crippen LogP contribution in [0.1, 0.15) is 39.0 Å². The number of nitrogens with one attached hydrogen (secondary N) is 2. The maximum absolute atomic E-state index is 13.4. The van der Waals surface area contributed by atoms with Crippen molar-refractivity contribution in [3.05, 3.63) is 28.8 Å². The maximum Gasteiger partial charge on any atom is 0.319 e. The number of likely N-dealkylation sites (tertiary alicyclic amines) is 1. The predicted molar refractivity (Wildman–Crippen MR) is 117 cm³/mol. The Morgan fingerprint density at radius 1 is 1.29 bits per heavy atom. The smallest absolute Gasteiger partial charge is 0.319 e. The summed E-state index contributed by atoms with van der Waals surface area (Å²) in [7, 11) is -3.91. The summed E-state index contributed by atoms with van der Waals surface area (Å²) in [5.41, 5.74) is 1.05. The third-order valence-corrected chi connectivity index (χ3v) is 9.25. The van der Waals surface area contributed by atoms with Gasteiger partial charge < -0.3 is 15.7 Å². The van der Waals surface area contributed by atoms with Crippen molar-refractivity contribution >= 4 is 33.2 Å². The lowest BCUT2D eigenvalue weighted by atomic mass is 9.91. The molecule has 2 atom stereocenters. The Morgan fingerprint density at radius 2 is 2.03 bits per heavy atom. The Hall–Kier alpha value is -1.84. The summed E-state index contributed by atoms with van der Waals surface area (Å²) in [5.74, 6) is -0.560. The van der Waals surface area contributed by atoms with Gasteiger partial charge in [0.25, 0.3) is 0 Å². The van der Waals surface area contributed by atoms with Gasteiger partial charge in [-0.05, 0) is 51.2 Å². The molecule has 7 nitrogen and oxygen atoms in total. The van der Waals surface area contributed by atoms with E-state index in [2.05, 4.69) is 16.7 Å². The number of phenols is 1. The van der Waals surface area contributed by atoms with E-state index < -0.39 is 33.0 Å². The van der Waals surface area contributed by atoms with Crippen LogP contribution in [-0.4, -0.2) is 61.1 Å². The first-order chi connectivity index (χ1) is 14.7. The second-order valence-electron chi connectivity index (χ2n) is 8.62. The van der Waals surface area contributed by atoms with Crippen molar-refractivity contribution in [2.45, 2.75) is 67.4 Å². The molecule has 4 rings (SSSR count). The zero-order valence-corrected chi connectivity index (χ0v) is 18.8. The van der Waals surface area contributed by atoms with Crippen molar-refractivity contribution in [3.63, 3.8) is 0 Å². The highest BCUT2D eigenvalue weighted by Gasteiger charge is 2.45. The monoisotopic (exact) mass is 471 g/mol. The van der Waals surface area contributed by atoms with Crippen molar-refractivity contribution in [1.29, 1.82) is 0 Å². The summed E-state index contributed by atoms with van der Waals surface area (Å²) in [6, 6.07) is 2.15. The minimum absolute atomic E-state index is 0.0178. The number of alkyl halides is 1. The summed E-state index contributed by atoms with van der Waals surface area (Å²) in [6.45, 7) is 2.91. The Bertz CT molecular complexity index is 1010. The summed E-state index contributed by atoms with van der Waals surface area (Å²) < 4.78 is 39.8. The van der Waals surface area contributed by atoms with Gasteiger partial charge in [-0.3, -0.25) is 4.90 Å². The molecule has 3 aliphatic rings. The molecular formula is C21H27ClFN3O4S. The molecule has 2 amide bonds. The number of aromatic hydroxyl groups is 1. The normalized spacial score (nSPS) is 28.8. The molecule has 0 aromatic heterocycles. The number of rotatable bonds is 5. The number of urea groups is 1. The molecule has 2 fully saturated rings. The van der Waals surface area contributed by atoms with Gasteiger partial charge in [0.15, 0.2) is 15.6 Å². The van der Waals surface area contributed by atoms with Crippen LogP contribution in [0, 0.1) is 0 Å². The molecule has 1 aromatic carbocycles. The summed E-state index contributed by atoms with van der Waals surface area (Å²) in [4.78, 5) is 14.0. The number of phenolic OH excluding ortho intramolecular Hbond substituents is 1. The number of carbonyl (C=O) groups excluding carboxylic acids is 1. The molecule has 1 aromatic rings. The van der Waals surface area contributed by atoms with Gasteiger partial charge in [-0.25, -0.2) is 17.6 Å². The lowest BCUT2D eigenvalue weighted by molar-refractivity contribution is 0.150. The minimum atomic E-state index is -3.91. The molecule has 1 aliphatic heterocycles. The van der Waals surface area contributed by atoms with E-state index in [1.54, 1.807) is 0 Å². The van der Waals surface area contributed by atoms with Gasteiger partial charge in [-0.1, -0.05) is 23.3 Å². The van der Waals surface area contributed by atoms with Crippen molar-refractivity contribution in [2.24, 2.45) is 0 Å². The Labute approximate surface area is 186 Å². The molecule has 0 spiro atoms. The lowest BCUT2D eigenvalue weighted by Crippen LogP contribution is -2.49. The van der Waals surface area contributed by atoms with E-state index in [4.69, 9.17) is 11.6 Å². The first kappa shape index (κ1) is 22.4. The number of carbonyl (C=O) groups is 1. The first-order valence-electron chi connectivity index (χ1n) is 10.5. The molecule has 3 N–H and O–H groups in total. The second-order valence-corrected chi connectivity index (χ2v) is 11.2. The third-order valence-electron chi connectivity index (χ3n) is 6.58. The zero-order chi connectivity index (χ0) is 22.3. The van der Waals surface area contributed by atoms with Gasteiger partial charge in [0.1, 0.15) is 11.1 Å². The molecule has 0 bridgehead atoms.